The largest absolute Gasteiger partial charge is 0.496 e. The van der Waals surface area contributed by atoms with E-state index >= 15 is 0 Å². The summed E-state index contributed by atoms with van der Waals surface area (Å²) < 4.78 is 5.63. The lowest BCUT2D eigenvalue weighted by Crippen LogP contribution is -2.41. The Morgan fingerprint density at radius 2 is 1.84 bits per heavy atom. The Labute approximate surface area is 188 Å². The number of nitrogens with zero attached hydrogens (tertiary/aromatic N) is 2. The van der Waals surface area contributed by atoms with Crippen LogP contribution in [-0.2, 0) is 9.59 Å². The van der Waals surface area contributed by atoms with Gasteiger partial charge in [-0.1, -0.05) is 38.1 Å². The summed E-state index contributed by atoms with van der Waals surface area (Å²) in [5.41, 5.74) is 3.59. The van der Waals surface area contributed by atoms with Gasteiger partial charge in [-0.2, -0.15) is 0 Å². The topological polar surface area (TPSA) is 80.6 Å². The quantitative estimate of drug-likeness (QED) is 0.750. The molecule has 0 saturated heterocycles. The number of methoxy groups -OCH3 is 1. The van der Waals surface area contributed by atoms with E-state index in [2.05, 4.69) is 24.1 Å². The van der Waals surface area contributed by atoms with Gasteiger partial charge in [-0.05, 0) is 43.9 Å². The Morgan fingerprint density at radius 1 is 1.09 bits per heavy atom. The van der Waals surface area contributed by atoms with E-state index in [1.54, 1.807) is 13.2 Å². The molecule has 1 aliphatic heterocycles. The zero-order valence-electron chi connectivity index (χ0n) is 19.2. The molecule has 6 nitrogen and oxygen atoms in total. The van der Waals surface area contributed by atoms with Crippen molar-refractivity contribution in [1.82, 2.24) is 4.98 Å². The highest BCUT2D eigenvalue weighted by molar-refractivity contribution is 6.13. The van der Waals surface area contributed by atoms with Gasteiger partial charge in [0.25, 0.3) is 0 Å². The van der Waals surface area contributed by atoms with Crippen LogP contribution in [0.5, 0.6) is 5.75 Å². The highest BCUT2D eigenvalue weighted by Gasteiger charge is 2.46. The summed E-state index contributed by atoms with van der Waals surface area (Å²) in [6.07, 6.45) is 1.13. The lowest BCUT2D eigenvalue weighted by molar-refractivity contribution is -0.119. The first-order valence-electron chi connectivity index (χ1n) is 10.9. The van der Waals surface area contributed by atoms with Gasteiger partial charge in [0.05, 0.1) is 13.0 Å². The summed E-state index contributed by atoms with van der Waals surface area (Å²) in [5.74, 6) is -0.149. The minimum absolute atomic E-state index is 0.0508. The number of nitrogens with one attached hydrogen (secondary N) is 1. The van der Waals surface area contributed by atoms with Crippen molar-refractivity contribution in [2.24, 2.45) is 16.3 Å². The van der Waals surface area contributed by atoms with E-state index in [0.29, 0.717) is 35.7 Å². The molecule has 1 unspecified atom stereocenters. The number of carbonyl (C=O) groups excluding carboxylic acids is 2. The van der Waals surface area contributed by atoms with Gasteiger partial charge in [0.1, 0.15) is 11.6 Å². The molecule has 2 aliphatic rings. The molecule has 1 aromatic carbocycles. The molecule has 0 fully saturated rings. The molecule has 2 atom stereocenters. The highest BCUT2D eigenvalue weighted by Crippen LogP contribution is 2.49. The third kappa shape index (κ3) is 4.09. The first-order chi connectivity index (χ1) is 15.2. The number of aromatic nitrogens is 1. The Kier molecular flexibility index (Phi) is 5.71. The second-order valence-electron chi connectivity index (χ2n) is 9.41. The van der Waals surface area contributed by atoms with E-state index in [-0.39, 0.29) is 17.1 Å². The van der Waals surface area contributed by atoms with Crippen LogP contribution < -0.4 is 10.1 Å². The molecule has 0 radical (unpaired) electrons. The molecule has 0 bridgehead atoms. The number of benzene rings is 1. The molecule has 0 spiro atoms. The number of Topliss-reactive ketones (excluding diaryl/α,β-unsaturated/α-hetero) is 1. The second-order valence-corrected chi connectivity index (χ2v) is 9.41. The summed E-state index contributed by atoms with van der Waals surface area (Å²) in [7, 11) is 1.61. The van der Waals surface area contributed by atoms with E-state index < -0.39 is 11.8 Å². The Hall–Kier alpha value is -3.28. The van der Waals surface area contributed by atoms with Crippen molar-refractivity contribution in [3.05, 3.63) is 65.0 Å². The van der Waals surface area contributed by atoms with Crippen LogP contribution in [0.15, 0.2) is 58.7 Å². The Balaban J connectivity index is 1.83. The number of allylic oxidation sites excluding steroid dienone is 2. The van der Waals surface area contributed by atoms with Crippen molar-refractivity contribution in [3.8, 4) is 5.75 Å². The Morgan fingerprint density at radius 3 is 2.56 bits per heavy atom. The summed E-state index contributed by atoms with van der Waals surface area (Å²) in [6.45, 7) is 7.91. The van der Waals surface area contributed by atoms with Gasteiger partial charge in [0.2, 0.25) is 5.91 Å². The number of rotatable bonds is 4. The molecular weight excluding hydrogens is 402 g/mol. The lowest BCUT2D eigenvalue weighted by Gasteiger charge is -2.39. The maximum atomic E-state index is 13.6. The maximum Gasteiger partial charge on any atom is 0.235 e. The molecule has 1 N–H and O–H groups in total. The number of anilines is 1. The SMILES string of the molecule is COc1ccccc1[C@H]1C2=C(CC(C)(C)CC2=O)N=C(C)C1C(=O)Nc1cccc(C)n1. The Bertz CT molecular complexity index is 1150. The van der Waals surface area contributed by atoms with Gasteiger partial charge in [-0.3, -0.25) is 14.6 Å². The zero-order valence-corrected chi connectivity index (χ0v) is 19.2. The van der Waals surface area contributed by atoms with Gasteiger partial charge in [0.15, 0.2) is 5.78 Å². The predicted octanol–water partition coefficient (Wildman–Crippen LogP) is 4.85. The van der Waals surface area contributed by atoms with Crippen LogP contribution in [0.2, 0.25) is 0 Å². The average Bonchev–Trinajstić information content (AvgIpc) is 2.71. The van der Waals surface area contributed by atoms with Gasteiger partial charge < -0.3 is 10.1 Å². The molecule has 166 valence electrons. The van der Waals surface area contributed by atoms with E-state index in [1.807, 2.05) is 50.2 Å². The first kappa shape index (κ1) is 21.9. The molecule has 2 aromatic rings. The van der Waals surface area contributed by atoms with Crippen molar-refractivity contribution >= 4 is 23.2 Å². The van der Waals surface area contributed by atoms with Crippen molar-refractivity contribution < 1.29 is 14.3 Å². The smallest absolute Gasteiger partial charge is 0.235 e. The average molecular weight is 432 g/mol. The van der Waals surface area contributed by atoms with Crippen LogP contribution in [0, 0.1) is 18.3 Å². The normalized spacial score (nSPS) is 22.2. The molecule has 0 saturated carbocycles. The van der Waals surface area contributed by atoms with Crippen LogP contribution in [0.25, 0.3) is 0 Å². The third-order valence-electron chi connectivity index (χ3n) is 6.20. The van der Waals surface area contributed by atoms with Crippen molar-refractivity contribution in [2.75, 3.05) is 12.4 Å². The van der Waals surface area contributed by atoms with E-state index in [4.69, 9.17) is 9.73 Å². The standard InChI is InChI=1S/C26H29N3O3/c1-15-9-8-12-21(27-15)29-25(31)22-16(2)28-18-13-26(3,4)14-19(30)24(18)23(22)17-10-6-7-11-20(17)32-5/h6-12,22-23H,13-14H2,1-5H3,(H,27,29,31)/t22?,23-/m1/s1. The van der Waals surface area contributed by atoms with Gasteiger partial charge in [-0.25, -0.2) is 4.98 Å². The van der Waals surface area contributed by atoms with Gasteiger partial charge >= 0.3 is 0 Å². The molecule has 1 aromatic heterocycles. The third-order valence-corrected chi connectivity index (χ3v) is 6.20. The molecule has 1 aliphatic carbocycles. The van der Waals surface area contributed by atoms with E-state index in [0.717, 1.165) is 17.0 Å². The molecule has 4 rings (SSSR count). The first-order valence-corrected chi connectivity index (χ1v) is 10.9. The number of pyridine rings is 1. The number of hydrogen-bond acceptors (Lipinski definition) is 5. The number of carbonyl (C=O) groups is 2. The van der Waals surface area contributed by atoms with Crippen molar-refractivity contribution in [3.63, 3.8) is 0 Å². The predicted molar refractivity (Wildman–Crippen MR) is 125 cm³/mol. The van der Waals surface area contributed by atoms with Crippen molar-refractivity contribution in [1.29, 1.82) is 0 Å². The number of ketones is 1. The summed E-state index contributed by atoms with van der Waals surface area (Å²) >= 11 is 0. The number of ether oxygens (including phenoxy) is 1. The lowest BCUT2D eigenvalue weighted by atomic mass is 9.66. The molecule has 1 amide bonds. The number of amides is 1. The molecular formula is C26H29N3O3. The maximum absolute atomic E-state index is 13.6. The van der Waals surface area contributed by atoms with Gasteiger partial charge in [0, 0.05) is 40.6 Å². The molecule has 6 heteroatoms. The highest BCUT2D eigenvalue weighted by atomic mass is 16.5. The van der Waals surface area contributed by atoms with Crippen LogP contribution in [0.3, 0.4) is 0 Å². The summed E-state index contributed by atoms with van der Waals surface area (Å²) in [5, 5.41) is 2.94. The number of hydrogen-bond donors (Lipinski definition) is 1. The van der Waals surface area contributed by atoms with Crippen molar-refractivity contribution in [2.45, 2.75) is 46.5 Å². The monoisotopic (exact) mass is 431 g/mol. The number of aliphatic imine (C=N–C) groups is 1. The van der Waals surface area contributed by atoms with Crippen LogP contribution in [-0.4, -0.2) is 29.5 Å². The minimum Gasteiger partial charge on any atom is -0.496 e. The fourth-order valence-electron chi connectivity index (χ4n) is 4.86. The molecule has 2 heterocycles. The van der Waals surface area contributed by atoms with Crippen LogP contribution in [0.1, 0.15) is 50.8 Å². The fourth-order valence-corrected chi connectivity index (χ4v) is 4.86. The minimum atomic E-state index is -0.641. The number of aryl methyl sites for hydroxylation is 1. The van der Waals surface area contributed by atoms with Gasteiger partial charge in [-0.15, -0.1) is 0 Å². The summed E-state index contributed by atoms with van der Waals surface area (Å²) in [4.78, 5) is 36.2. The van der Waals surface area contributed by atoms with Crippen LogP contribution >= 0.6 is 0 Å². The zero-order chi connectivity index (χ0) is 23.0. The van der Waals surface area contributed by atoms with Crippen LogP contribution in [0.4, 0.5) is 5.82 Å². The fraction of sp³-hybridized carbons (Fsp3) is 0.385. The van der Waals surface area contributed by atoms with E-state index in [9.17, 15) is 9.59 Å². The summed E-state index contributed by atoms with van der Waals surface area (Å²) in [6, 6.07) is 13.1. The van der Waals surface area contributed by atoms with E-state index in [1.165, 1.54) is 0 Å². The second kappa shape index (κ2) is 8.34. The molecule has 32 heavy (non-hydrogen) atoms. The number of para-hydroxylation sites is 1.